The van der Waals surface area contributed by atoms with Crippen LogP contribution in [-0.2, 0) is 20.6 Å². The van der Waals surface area contributed by atoms with E-state index in [4.69, 9.17) is 21.7 Å². The molecule has 0 radical (unpaired) electrons. The van der Waals surface area contributed by atoms with Crippen molar-refractivity contribution in [3.8, 4) is 0 Å². The zero-order valence-electron chi connectivity index (χ0n) is 16.3. The molecular weight excluding hydrogens is 414 g/mol. The number of amides is 1. The third kappa shape index (κ3) is 5.81. The van der Waals surface area contributed by atoms with Crippen LogP contribution in [-0.4, -0.2) is 50.7 Å². The number of piperidine rings is 1. The van der Waals surface area contributed by atoms with Crippen LogP contribution in [0.5, 0.6) is 0 Å². The minimum atomic E-state index is -2.11. The molecule has 2 fully saturated rings. The first-order valence-electron chi connectivity index (χ1n) is 9.59. The molecular formula is C20H25ClN3O4S-. The number of halogens is 1. The second kappa shape index (κ2) is 9.28. The van der Waals surface area contributed by atoms with Crippen LogP contribution in [0.1, 0.15) is 32.6 Å². The van der Waals surface area contributed by atoms with Crippen molar-refractivity contribution in [3.63, 3.8) is 0 Å². The van der Waals surface area contributed by atoms with Gasteiger partial charge >= 0.3 is 0 Å². The molecule has 0 aromatic heterocycles. The highest BCUT2D eigenvalue weighted by molar-refractivity contribution is 7.79. The first kappa shape index (κ1) is 21.8. The number of allylic oxidation sites excluding steroid dienone is 1. The summed E-state index contributed by atoms with van der Waals surface area (Å²) in [7, 11) is 0. The summed E-state index contributed by atoms with van der Waals surface area (Å²) in [5, 5.41) is 10.8. The Balaban J connectivity index is 1.82. The lowest BCUT2D eigenvalue weighted by molar-refractivity contribution is -0.116. The van der Waals surface area contributed by atoms with Gasteiger partial charge in [-0.1, -0.05) is 35.7 Å². The van der Waals surface area contributed by atoms with E-state index in [-0.39, 0.29) is 11.2 Å². The second-order valence-corrected chi connectivity index (χ2v) is 9.49. The van der Waals surface area contributed by atoms with Crippen molar-refractivity contribution in [2.75, 3.05) is 25.0 Å². The van der Waals surface area contributed by atoms with Crippen molar-refractivity contribution in [3.05, 3.63) is 40.7 Å². The molecule has 2 N–H and O–H groups in total. The molecule has 1 unspecified atom stereocenters. The number of benzene rings is 1. The summed E-state index contributed by atoms with van der Waals surface area (Å²) in [6, 6.07) is 6.81. The van der Waals surface area contributed by atoms with Gasteiger partial charge in [0.2, 0.25) is 5.76 Å². The molecule has 7 nitrogen and oxygen atoms in total. The molecule has 9 heteroatoms. The summed E-state index contributed by atoms with van der Waals surface area (Å²) in [6.07, 6.45) is 4.09. The minimum absolute atomic E-state index is 0.0567. The van der Waals surface area contributed by atoms with Crippen molar-refractivity contribution in [2.45, 2.75) is 37.9 Å². The van der Waals surface area contributed by atoms with Gasteiger partial charge in [0, 0.05) is 40.7 Å². The smallest absolute Gasteiger partial charge is 0.293 e. The molecule has 1 heterocycles. The molecule has 1 aromatic rings. The van der Waals surface area contributed by atoms with Gasteiger partial charge < -0.3 is 24.9 Å². The first-order chi connectivity index (χ1) is 13.8. The number of nitrogens with one attached hydrogen (secondary N) is 2. The first-order valence-corrected chi connectivity index (χ1v) is 11.1. The third-order valence-electron chi connectivity index (χ3n) is 5.38. The Hall–Kier alpha value is -1.90. The molecule has 1 saturated carbocycles. The van der Waals surface area contributed by atoms with E-state index in [9.17, 15) is 13.6 Å². The number of ether oxygens (including phenoxy) is 1. The Labute approximate surface area is 178 Å². The summed E-state index contributed by atoms with van der Waals surface area (Å²) in [4.78, 5) is 14.9. The largest absolute Gasteiger partial charge is 0.772 e. The maximum Gasteiger partial charge on any atom is 0.293 e. The van der Waals surface area contributed by atoms with Gasteiger partial charge in [-0.3, -0.25) is 9.00 Å². The number of likely N-dealkylation sites (tertiary alicyclic amines) is 1. The molecule has 158 valence electrons. The van der Waals surface area contributed by atoms with Crippen molar-refractivity contribution < 1.29 is 18.3 Å². The maximum absolute atomic E-state index is 13.0. The van der Waals surface area contributed by atoms with E-state index in [0.717, 1.165) is 19.1 Å². The third-order valence-corrected chi connectivity index (χ3v) is 6.63. The number of anilines is 1. The van der Waals surface area contributed by atoms with Gasteiger partial charge in [-0.15, -0.1) is 0 Å². The summed E-state index contributed by atoms with van der Waals surface area (Å²) < 4.78 is 28.4. The van der Waals surface area contributed by atoms with Crippen molar-refractivity contribution in [1.29, 1.82) is 5.41 Å². The molecule has 0 bridgehead atoms. The SMILES string of the molecule is CC1(CO/C(C(=O)Nc2cccc(Cl)c2)=C(/C=N)N2CCC(S(=O)[O-])CC2)CC1. The molecule has 3 rings (SSSR count). The lowest BCUT2D eigenvalue weighted by Crippen LogP contribution is -2.39. The predicted molar refractivity (Wildman–Crippen MR) is 113 cm³/mol. The highest BCUT2D eigenvalue weighted by Gasteiger charge is 2.39. The number of hydrogen-bond donors (Lipinski definition) is 2. The quantitative estimate of drug-likeness (QED) is 0.280. The second-order valence-electron chi connectivity index (χ2n) is 7.87. The maximum atomic E-state index is 13.0. The van der Waals surface area contributed by atoms with Crippen LogP contribution in [0.2, 0.25) is 5.02 Å². The predicted octanol–water partition coefficient (Wildman–Crippen LogP) is 3.30. The standard InChI is InChI=1S/C20H26ClN3O4S/c1-20(7-8-20)13-28-18(19(25)23-15-4-2-3-14(21)11-15)17(12-22)24-9-5-16(6-10-24)29(26)27/h2-4,11-12,16,22H,5-10,13H2,1H3,(H,23,25)(H,26,27)/p-1/b18-17-,22-12?. The average Bonchev–Trinajstić information content (AvgIpc) is 3.42. The van der Waals surface area contributed by atoms with Gasteiger partial charge in [-0.25, -0.2) is 0 Å². The molecule has 1 saturated heterocycles. The lowest BCUT2D eigenvalue weighted by Gasteiger charge is -2.35. The van der Waals surface area contributed by atoms with Gasteiger partial charge in [-0.05, 0) is 43.9 Å². The molecule has 1 aliphatic heterocycles. The van der Waals surface area contributed by atoms with Crippen LogP contribution in [0.15, 0.2) is 35.7 Å². The van der Waals surface area contributed by atoms with Gasteiger partial charge in [-0.2, -0.15) is 0 Å². The van der Waals surface area contributed by atoms with E-state index in [1.54, 1.807) is 24.3 Å². The summed E-state index contributed by atoms with van der Waals surface area (Å²) in [5.41, 5.74) is 0.955. The Morgan fingerprint density at radius 1 is 1.45 bits per heavy atom. The highest BCUT2D eigenvalue weighted by atomic mass is 35.5. The molecule has 0 spiro atoms. The molecule has 1 atom stereocenters. The number of nitrogens with zero attached hydrogens (tertiary/aromatic N) is 1. The monoisotopic (exact) mass is 438 g/mol. The van der Waals surface area contributed by atoms with Crippen LogP contribution in [0.25, 0.3) is 0 Å². The van der Waals surface area contributed by atoms with Crippen molar-refractivity contribution >= 4 is 40.5 Å². The lowest BCUT2D eigenvalue weighted by atomic mass is 10.1. The molecule has 29 heavy (non-hydrogen) atoms. The molecule has 1 amide bonds. The summed E-state index contributed by atoms with van der Waals surface area (Å²) in [6.45, 7) is 3.37. The van der Waals surface area contributed by atoms with E-state index >= 15 is 0 Å². The Kier molecular flexibility index (Phi) is 6.97. The minimum Gasteiger partial charge on any atom is -0.772 e. The van der Waals surface area contributed by atoms with E-state index in [1.165, 1.54) is 0 Å². The van der Waals surface area contributed by atoms with Crippen molar-refractivity contribution in [2.24, 2.45) is 5.41 Å². The average molecular weight is 439 g/mol. The van der Waals surface area contributed by atoms with Crippen LogP contribution in [0.3, 0.4) is 0 Å². The highest BCUT2D eigenvalue weighted by Crippen LogP contribution is 2.45. The van der Waals surface area contributed by atoms with Crippen LogP contribution in [0, 0.1) is 10.8 Å². The Bertz CT molecular complexity index is 833. The van der Waals surface area contributed by atoms with Crippen LogP contribution in [0.4, 0.5) is 5.69 Å². The summed E-state index contributed by atoms with van der Waals surface area (Å²) in [5.74, 6) is -0.376. The van der Waals surface area contributed by atoms with Crippen LogP contribution >= 0.6 is 11.6 Å². The topological polar surface area (TPSA) is 106 Å². The normalized spacial score (nSPS) is 20.4. The Morgan fingerprint density at radius 2 is 2.14 bits per heavy atom. The molecule has 1 aromatic carbocycles. The fourth-order valence-electron chi connectivity index (χ4n) is 3.20. The zero-order chi connectivity index (χ0) is 21.0. The number of carbonyl (C=O) groups excluding carboxylic acids is 1. The van der Waals surface area contributed by atoms with E-state index in [1.807, 2.05) is 4.90 Å². The fraction of sp³-hybridized carbons (Fsp3) is 0.500. The van der Waals surface area contributed by atoms with Crippen LogP contribution < -0.4 is 5.32 Å². The molecule has 1 aliphatic carbocycles. The van der Waals surface area contributed by atoms with E-state index in [0.29, 0.717) is 48.9 Å². The van der Waals surface area contributed by atoms with E-state index in [2.05, 4.69) is 12.2 Å². The van der Waals surface area contributed by atoms with Gasteiger partial charge in [0.1, 0.15) is 5.70 Å². The number of hydrogen-bond acceptors (Lipinski definition) is 6. The van der Waals surface area contributed by atoms with Crippen molar-refractivity contribution in [1.82, 2.24) is 4.90 Å². The van der Waals surface area contributed by atoms with Gasteiger partial charge in [0.25, 0.3) is 5.91 Å². The Morgan fingerprint density at radius 3 is 2.69 bits per heavy atom. The molecule has 2 aliphatic rings. The van der Waals surface area contributed by atoms with Gasteiger partial charge in [0.15, 0.2) is 0 Å². The fourth-order valence-corrected chi connectivity index (χ4v) is 3.99. The van der Waals surface area contributed by atoms with Gasteiger partial charge in [0.05, 0.1) is 6.61 Å². The zero-order valence-corrected chi connectivity index (χ0v) is 17.9. The number of carbonyl (C=O) groups is 1. The number of rotatable bonds is 8. The summed E-state index contributed by atoms with van der Waals surface area (Å²) >= 11 is 3.89. The van der Waals surface area contributed by atoms with E-state index < -0.39 is 22.2 Å².